The van der Waals surface area contributed by atoms with Crippen LogP contribution < -0.4 is 10.6 Å². The number of nitrogens with zero attached hydrogens (tertiary/aromatic N) is 2. The highest BCUT2D eigenvalue weighted by Gasteiger charge is 2.34. The molecule has 3 rings (SSSR count). The second kappa shape index (κ2) is 12.3. The average molecular weight is 507 g/mol. The van der Waals surface area contributed by atoms with Crippen LogP contribution in [0.2, 0.25) is 5.15 Å². The number of amides is 1. The lowest BCUT2D eigenvalue weighted by Crippen LogP contribution is -2.39. The lowest BCUT2D eigenvalue weighted by molar-refractivity contribution is -0.127. The molecule has 1 fully saturated rings. The van der Waals surface area contributed by atoms with Gasteiger partial charge in [-0.05, 0) is 55.2 Å². The van der Waals surface area contributed by atoms with Gasteiger partial charge in [-0.1, -0.05) is 24.4 Å². The fourth-order valence-corrected chi connectivity index (χ4v) is 6.66. The van der Waals surface area contributed by atoms with E-state index in [2.05, 4.69) is 15.6 Å². The Hall–Kier alpha value is -2.28. The van der Waals surface area contributed by atoms with Crippen molar-refractivity contribution in [3.8, 4) is 6.07 Å². The van der Waals surface area contributed by atoms with Gasteiger partial charge in [0.15, 0.2) is 15.0 Å². The topological polar surface area (TPSA) is 112 Å². The molecule has 1 saturated carbocycles. The molecule has 33 heavy (non-hydrogen) atoms. The van der Waals surface area contributed by atoms with Gasteiger partial charge in [0.05, 0.1) is 22.4 Å². The lowest BCUT2D eigenvalue weighted by atomic mass is 9.80. The van der Waals surface area contributed by atoms with Crippen molar-refractivity contribution < 1.29 is 13.2 Å². The number of sulfone groups is 1. The molecule has 0 radical (unpaired) electrons. The van der Waals surface area contributed by atoms with Crippen LogP contribution in [0.4, 0.5) is 5.69 Å². The van der Waals surface area contributed by atoms with E-state index in [1.54, 1.807) is 30.1 Å². The Bertz CT molecular complexity index is 1090. The highest BCUT2D eigenvalue weighted by Crippen LogP contribution is 2.33. The van der Waals surface area contributed by atoms with E-state index in [4.69, 9.17) is 16.9 Å². The van der Waals surface area contributed by atoms with Crippen LogP contribution in [0.3, 0.4) is 0 Å². The molecule has 0 unspecified atom stereocenters. The zero-order chi connectivity index (χ0) is 23.7. The maximum Gasteiger partial charge on any atom is 0.224 e. The van der Waals surface area contributed by atoms with Crippen LogP contribution in [0.25, 0.3) is 0 Å². The monoisotopic (exact) mass is 506 g/mol. The lowest BCUT2D eigenvalue weighted by Gasteiger charge is -2.30. The number of nitrogens with one attached hydrogen (secondary N) is 2. The summed E-state index contributed by atoms with van der Waals surface area (Å²) in [5, 5.41) is 14.9. The van der Waals surface area contributed by atoms with Gasteiger partial charge in [-0.2, -0.15) is 5.26 Å². The first-order chi connectivity index (χ1) is 15.9. The molecule has 0 saturated heterocycles. The smallest absolute Gasteiger partial charge is 0.224 e. The zero-order valence-electron chi connectivity index (χ0n) is 18.2. The van der Waals surface area contributed by atoms with E-state index < -0.39 is 9.84 Å². The van der Waals surface area contributed by atoms with E-state index >= 15 is 0 Å². The molecule has 1 aromatic carbocycles. The molecular formula is C23H27ClN4O3S2. The number of carbonyl (C=O) groups is 1. The van der Waals surface area contributed by atoms with Gasteiger partial charge in [-0.15, -0.1) is 11.8 Å². The largest absolute Gasteiger partial charge is 0.382 e. The predicted molar refractivity (Wildman–Crippen MR) is 131 cm³/mol. The standard InChI is InChI=1S/C23H27ClN4O3S2/c24-22-21(6-3-12-27-22)26-14-15-32-18-7-9-19(10-8-18)33(30,31)16-17-4-1-2-5-20(17)23(29)28-13-11-25/h3,6-10,12,17,20,26H,1-2,4-5,13-16H2,(H,28,29)/t17-,20+/m1/s1. The summed E-state index contributed by atoms with van der Waals surface area (Å²) in [4.78, 5) is 17.7. The Kier molecular flexibility index (Phi) is 9.41. The first kappa shape index (κ1) is 25.3. The highest BCUT2D eigenvalue weighted by molar-refractivity contribution is 7.99. The molecule has 0 aliphatic heterocycles. The van der Waals surface area contributed by atoms with Crippen LogP contribution in [-0.4, -0.2) is 43.9 Å². The molecule has 0 spiro atoms. The molecule has 7 nitrogen and oxygen atoms in total. The summed E-state index contributed by atoms with van der Waals surface area (Å²) in [6, 6.07) is 12.5. The van der Waals surface area contributed by atoms with Gasteiger partial charge < -0.3 is 10.6 Å². The molecule has 1 aliphatic rings. The second-order valence-electron chi connectivity index (χ2n) is 7.90. The summed E-state index contributed by atoms with van der Waals surface area (Å²) >= 11 is 7.64. The minimum Gasteiger partial charge on any atom is -0.382 e. The number of halogens is 1. The average Bonchev–Trinajstić information content (AvgIpc) is 2.82. The molecule has 1 aliphatic carbocycles. The Morgan fingerprint density at radius 2 is 1.97 bits per heavy atom. The number of thioether (sulfide) groups is 1. The quantitative estimate of drug-likeness (QED) is 0.215. The van der Waals surface area contributed by atoms with Gasteiger partial charge >= 0.3 is 0 Å². The van der Waals surface area contributed by atoms with E-state index in [9.17, 15) is 13.2 Å². The van der Waals surface area contributed by atoms with Crippen LogP contribution in [0.5, 0.6) is 0 Å². The Morgan fingerprint density at radius 3 is 2.70 bits per heavy atom. The van der Waals surface area contributed by atoms with E-state index in [-0.39, 0.29) is 34.9 Å². The maximum atomic E-state index is 13.0. The summed E-state index contributed by atoms with van der Waals surface area (Å²) in [6.45, 7) is 0.631. The molecule has 2 aromatic rings. The van der Waals surface area contributed by atoms with Crippen LogP contribution in [0.15, 0.2) is 52.4 Å². The number of hydrogen-bond donors (Lipinski definition) is 2. The normalized spacial score (nSPS) is 18.3. The summed E-state index contributed by atoms with van der Waals surface area (Å²) < 4.78 is 26.0. The Morgan fingerprint density at radius 1 is 1.21 bits per heavy atom. The number of pyridine rings is 1. The van der Waals surface area contributed by atoms with Crippen molar-refractivity contribution in [3.05, 3.63) is 47.7 Å². The zero-order valence-corrected chi connectivity index (χ0v) is 20.6. The molecule has 1 heterocycles. The van der Waals surface area contributed by atoms with Gasteiger partial charge in [-0.25, -0.2) is 13.4 Å². The fourth-order valence-electron chi connectivity index (χ4n) is 4.00. The maximum absolute atomic E-state index is 13.0. The minimum atomic E-state index is -3.52. The molecule has 2 N–H and O–H groups in total. The predicted octanol–water partition coefficient (Wildman–Crippen LogP) is 4.16. The number of anilines is 1. The number of aromatic nitrogens is 1. The van der Waals surface area contributed by atoms with Gasteiger partial charge in [0.1, 0.15) is 6.54 Å². The van der Waals surface area contributed by atoms with Gasteiger partial charge in [0, 0.05) is 29.3 Å². The minimum absolute atomic E-state index is 0.0556. The van der Waals surface area contributed by atoms with Crippen molar-refractivity contribution in [2.75, 3.05) is 29.9 Å². The van der Waals surface area contributed by atoms with Crippen molar-refractivity contribution >= 4 is 44.8 Å². The summed E-state index contributed by atoms with van der Waals surface area (Å²) in [6.07, 6.45) is 4.80. The highest BCUT2D eigenvalue weighted by atomic mass is 35.5. The molecule has 1 aromatic heterocycles. The fraction of sp³-hybridized carbons (Fsp3) is 0.435. The Labute approximate surface area is 204 Å². The van der Waals surface area contributed by atoms with E-state index in [0.29, 0.717) is 24.5 Å². The van der Waals surface area contributed by atoms with E-state index in [0.717, 1.165) is 29.2 Å². The van der Waals surface area contributed by atoms with Crippen molar-refractivity contribution in [1.82, 2.24) is 10.3 Å². The first-order valence-corrected chi connectivity index (χ1v) is 13.9. The van der Waals surface area contributed by atoms with Crippen LogP contribution in [0, 0.1) is 23.2 Å². The van der Waals surface area contributed by atoms with Crippen LogP contribution in [-0.2, 0) is 14.6 Å². The number of benzene rings is 1. The molecule has 10 heteroatoms. The molecular weight excluding hydrogens is 480 g/mol. The van der Waals surface area contributed by atoms with Gasteiger partial charge in [0.25, 0.3) is 0 Å². The van der Waals surface area contributed by atoms with Gasteiger partial charge in [0.2, 0.25) is 5.91 Å². The van der Waals surface area contributed by atoms with Crippen molar-refractivity contribution in [3.63, 3.8) is 0 Å². The number of hydrogen-bond acceptors (Lipinski definition) is 7. The van der Waals surface area contributed by atoms with Gasteiger partial charge in [-0.3, -0.25) is 4.79 Å². The van der Waals surface area contributed by atoms with Crippen molar-refractivity contribution in [2.24, 2.45) is 11.8 Å². The van der Waals surface area contributed by atoms with E-state index in [1.165, 1.54) is 0 Å². The SMILES string of the molecule is N#CCNC(=O)[C@H]1CCCC[C@@H]1CS(=O)(=O)c1ccc(SCCNc2cccnc2Cl)cc1. The third kappa shape index (κ3) is 7.36. The molecule has 0 bridgehead atoms. The van der Waals surface area contributed by atoms with E-state index in [1.807, 2.05) is 30.3 Å². The van der Waals surface area contributed by atoms with Crippen LogP contribution >= 0.6 is 23.4 Å². The molecule has 1 amide bonds. The number of nitriles is 1. The number of rotatable bonds is 10. The molecule has 176 valence electrons. The summed E-state index contributed by atoms with van der Waals surface area (Å²) in [5.74, 6) is -0.0949. The first-order valence-electron chi connectivity index (χ1n) is 10.9. The number of carbonyl (C=O) groups excluding carboxylic acids is 1. The van der Waals surface area contributed by atoms with Crippen molar-refractivity contribution in [1.29, 1.82) is 5.26 Å². The third-order valence-electron chi connectivity index (χ3n) is 5.65. The summed E-state index contributed by atoms with van der Waals surface area (Å²) in [7, 11) is -3.52. The Balaban J connectivity index is 1.54. The summed E-state index contributed by atoms with van der Waals surface area (Å²) in [5.41, 5.74) is 0.781. The van der Waals surface area contributed by atoms with Crippen molar-refractivity contribution in [2.45, 2.75) is 35.5 Å². The van der Waals surface area contributed by atoms with Crippen LogP contribution in [0.1, 0.15) is 25.7 Å². The third-order valence-corrected chi connectivity index (χ3v) is 8.82. The molecule has 2 atom stereocenters. The second-order valence-corrected chi connectivity index (χ2v) is 11.5.